The molecule has 0 fully saturated rings. The van der Waals surface area contributed by atoms with Crippen molar-refractivity contribution in [1.29, 1.82) is 0 Å². The van der Waals surface area contributed by atoms with E-state index in [1.807, 2.05) is 24.6 Å². The van der Waals surface area contributed by atoms with Gasteiger partial charge in [-0.15, -0.1) is 0 Å². The van der Waals surface area contributed by atoms with Gasteiger partial charge >= 0.3 is 0 Å². The smallest absolute Gasteiger partial charge is 0.124 e. The van der Waals surface area contributed by atoms with Crippen LogP contribution in [0.5, 0.6) is 0 Å². The fourth-order valence-corrected chi connectivity index (χ4v) is 2.57. The molecule has 0 saturated heterocycles. The van der Waals surface area contributed by atoms with Crippen LogP contribution in [0.25, 0.3) is 0 Å². The monoisotopic (exact) mass is 291 g/mol. The number of aromatic nitrogens is 2. The van der Waals surface area contributed by atoms with Gasteiger partial charge in [-0.05, 0) is 49.6 Å². The summed E-state index contributed by atoms with van der Waals surface area (Å²) in [5.41, 5.74) is 10.3. The molecule has 0 aliphatic heterocycles. The summed E-state index contributed by atoms with van der Waals surface area (Å²) in [6.07, 6.45) is 0.943. The molecule has 0 bridgehead atoms. The van der Waals surface area contributed by atoms with Crippen LogP contribution in [0.15, 0.2) is 18.2 Å². The van der Waals surface area contributed by atoms with Crippen molar-refractivity contribution >= 4 is 17.2 Å². The minimum atomic E-state index is -0.331. The maximum atomic E-state index is 13.6. The lowest BCUT2D eigenvalue weighted by molar-refractivity contribution is 0.615. The fraction of sp³-hybridized carbons (Fsp3) is 0.333. The van der Waals surface area contributed by atoms with Crippen molar-refractivity contribution < 1.29 is 4.39 Å². The van der Waals surface area contributed by atoms with Crippen molar-refractivity contribution in [1.82, 2.24) is 9.78 Å². The summed E-state index contributed by atoms with van der Waals surface area (Å²) in [5.74, 6) is -0.331. The molecule has 2 rings (SSSR count). The molecule has 0 atom stereocenters. The summed E-state index contributed by atoms with van der Waals surface area (Å²) < 4.78 is 15.5. The summed E-state index contributed by atoms with van der Waals surface area (Å²) in [5, 5.41) is 4.51. The van der Waals surface area contributed by atoms with E-state index in [2.05, 4.69) is 12.0 Å². The molecule has 0 radical (unpaired) electrons. The third-order valence-corrected chi connectivity index (χ3v) is 3.70. The Hall–Kier alpha value is -1.75. The van der Waals surface area contributed by atoms with E-state index in [-0.39, 0.29) is 10.8 Å². The Balaban J connectivity index is 2.37. The van der Waals surface area contributed by atoms with Crippen LogP contribution in [0.1, 0.15) is 35.0 Å². The van der Waals surface area contributed by atoms with Gasteiger partial charge < -0.3 is 5.73 Å². The first-order valence-electron chi connectivity index (χ1n) is 6.54. The van der Waals surface area contributed by atoms with Crippen molar-refractivity contribution in [2.45, 2.75) is 33.7 Å². The number of hydrogen-bond donors (Lipinski definition) is 1. The fourth-order valence-electron chi connectivity index (χ4n) is 2.46. The molecular weight excluding hydrogens is 273 g/mol. The van der Waals surface area contributed by atoms with E-state index in [9.17, 15) is 4.39 Å². The molecule has 2 aromatic rings. The van der Waals surface area contributed by atoms with Gasteiger partial charge in [0.2, 0.25) is 0 Å². The molecule has 0 amide bonds. The second-order valence-corrected chi connectivity index (χ2v) is 5.31. The zero-order valence-electron chi connectivity index (χ0n) is 11.9. The van der Waals surface area contributed by atoms with E-state index >= 15 is 0 Å². The van der Waals surface area contributed by atoms with Gasteiger partial charge in [-0.3, -0.25) is 4.68 Å². The first-order chi connectivity index (χ1) is 9.42. The minimum Gasteiger partial charge on any atom is -0.389 e. The average Bonchev–Trinajstić information content (AvgIpc) is 2.63. The highest BCUT2D eigenvalue weighted by Gasteiger charge is 2.11. The van der Waals surface area contributed by atoms with Crippen LogP contribution < -0.4 is 5.73 Å². The highest BCUT2D eigenvalue weighted by Crippen LogP contribution is 2.16. The van der Waals surface area contributed by atoms with Crippen LogP contribution in [0.2, 0.25) is 0 Å². The summed E-state index contributed by atoms with van der Waals surface area (Å²) in [7, 11) is 0. The number of rotatable bonds is 4. The first-order valence-corrected chi connectivity index (χ1v) is 6.95. The lowest BCUT2D eigenvalue weighted by Gasteiger charge is -2.08. The predicted molar refractivity (Wildman–Crippen MR) is 82.5 cm³/mol. The number of thiocarbonyl (C=S) groups is 1. The van der Waals surface area contributed by atoms with Crippen molar-refractivity contribution in [2.75, 3.05) is 0 Å². The largest absolute Gasteiger partial charge is 0.389 e. The predicted octanol–water partition coefficient (Wildman–Crippen LogP) is 2.88. The van der Waals surface area contributed by atoms with Gasteiger partial charge in [-0.25, -0.2) is 4.39 Å². The number of hydrogen-bond acceptors (Lipinski definition) is 2. The van der Waals surface area contributed by atoms with Gasteiger partial charge in [0, 0.05) is 11.3 Å². The minimum absolute atomic E-state index is 0.202. The standard InChI is InChI=1S/C15H18FN3S/c1-4-14-9(2)18-19(10(14)3)8-11-5-12(15(17)20)7-13(16)6-11/h5-7H,4,8H2,1-3H3,(H2,17,20). The number of halogens is 1. The SMILES string of the molecule is CCc1c(C)nn(Cc2cc(F)cc(C(N)=S)c2)c1C. The normalized spacial score (nSPS) is 10.8. The van der Waals surface area contributed by atoms with Crippen molar-refractivity contribution in [2.24, 2.45) is 5.73 Å². The van der Waals surface area contributed by atoms with Crippen molar-refractivity contribution in [3.63, 3.8) is 0 Å². The summed E-state index contributed by atoms with van der Waals surface area (Å²) in [6, 6.07) is 4.65. The second-order valence-electron chi connectivity index (χ2n) is 4.87. The second kappa shape index (κ2) is 5.71. The lowest BCUT2D eigenvalue weighted by Crippen LogP contribution is -2.11. The Morgan fingerprint density at radius 1 is 1.35 bits per heavy atom. The van der Waals surface area contributed by atoms with Crippen LogP contribution in [0.4, 0.5) is 4.39 Å². The quantitative estimate of drug-likeness (QED) is 0.881. The van der Waals surface area contributed by atoms with E-state index in [4.69, 9.17) is 18.0 Å². The molecule has 0 spiro atoms. The zero-order chi connectivity index (χ0) is 14.9. The highest BCUT2D eigenvalue weighted by atomic mass is 32.1. The zero-order valence-corrected chi connectivity index (χ0v) is 12.7. The van der Waals surface area contributed by atoms with E-state index in [1.165, 1.54) is 17.7 Å². The summed E-state index contributed by atoms with van der Waals surface area (Å²) >= 11 is 4.90. The molecule has 1 aromatic carbocycles. The van der Waals surface area contributed by atoms with Crippen LogP contribution in [0.3, 0.4) is 0 Å². The number of aryl methyl sites for hydroxylation is 1. The maximum absolute atomic E-state index is 13.6. The Morgan fingerprint density at radius 2 is 2.05 bits per heavy atom. The molecule has 2 N–H and O–H groups in total. The van der Waals surface area contributed by atoms with Crippen LogP contribution in [0, 0.1) is 19.7 Å². The Labute approximate surface area is 123 Å². The molecule has 5 heteroatoms. The van der Waals surface area contributed by atoms with E-state index < -0.39 is 0 Å². The summed E-state index contributed by atoms with van der Waals surface area (Å²) in [4.78, 5) is 0.202. The van der Waals surface area contributed by atoms with Gasteiger partial charge in [-0.2, -0.15) is 5.10 Å². The topological polar surface area (TPSA) is 43.8 Å². The number of nitrogens with zero attached hydrogens (tertiary/aromatic N) is 2. The highest BCUT2D eigenvalue weighted by molar-refractivity contribution is 7.80. The molecule has 0 aliphatic rings. The van der Waals surface area contributed by atoms with Crippen LogP contribution in [-0.2, 0) is 13.0 Å². The van der Waals surface area contributed by atoms with Crippen LogP contribution >= 0.6 is 12.2 Å². The van der Waals surface area contributed by atoms with Gasteiger partial charge in [0.05, 0.1) is 12.2 Å². The third kappa shape index (κ3) is 2.88. The Bertz CT molecular complexity index is 661. The molecule has 0 unspecified atom stereocenters. The maximum Gasteiger partial charge on any atom is 0.124 e. The van der Waals surface area contributed by atoms with Gasteiger partial charge in [0.1, 0.15) is 10.8 Å². The van der Waals surface area contributed by atoms with Gasteiger partial charge in [0.25, 0.3) is 0 Å². The molecule has 1 aromatic heterocycles. The Morgan fingerprint density at radius 3 is 2.60 bits per heavy atom. The molecule has 1 heterocycles. The molecule has 20 heavy (non-hydrogen) atoms. The van der Waals surface area contributed by atoms with Crippen molar-refractivity contribution in [3.05, 3.63) is 52.1 Å². The van der Waals surface area contributed by atoms with Crippen LogP contribution in [-0.4, -0.2) is 14.8 Å². The number of nitrogens with two attached hydrogens (primary N) is 1. The molecule has 106 valence electrons. The molecule has 0 saturated carbocycles. The number of benzene rings is 1. The first kappa shape index (κ1) is 14.7. The average molecular weight is 291 g/mol. The van der Waals surface area contributed by atoms with E-state index in [0.29, 0.717) is 12.1 Å². The van der Waals surface area contributed by atoms with Crippen molar-refractivity contribution in [3.8, 4) is 0 Å². The summed E-state index contributed by atoms with van der Waals surface area (Å²) in [6.45, 7) is 6.65. The Kier molecular flexibility index (Phi) is 4.18. The molecule has 0 aliphatic carbocycles. The molecule has 3 nitrogen and oxygen atoms in total. The molecular formula is C15H18FN3S. The van der Waals surface area contributed by atoms with Gasteiger partial charge in [-0.1, -0.05) is 19.1 Å². The van der Waals surface area contributed by atoms with Gasteiger partial charge in [0.15, 0.2) is 0 Å². The van der Waals surface area contributed by atoms with E-state index in [1.54, 1.807) is 0 Å². The third-order valence-electron chi connectivity index (χ3n) is 3.46. The lowest BCUT2D eigenvalue weighted by atomic mass is 10.1. The van der Waals surface area contributed by atoms with E-state index in [0.717, 1.165) is 23.4 Å².